The first-order chi connectivity index (χ1) is 9.54. The molecule has 0 fully saturated rings. The second-order valence-electron chi connectivity index (χ2n) is 4.59. The predicted molar refractivity (Wildman–Crippen MR) is 73.9 cm³/mol. The van der Waals surface area contributed by atoms with E-state index in [2.05, 4.69) is 5.10 Å². The summed E-state index contributed by atoms with van der Waals surface area (Å²) in [5.41, 5.74) is 0.719. The number of hydrogen-bond acceptors (Lipinski definition) is 4. The van der Waals surface area contributed by atoms with Crippen molar-refractivity contribution in [1.29, 1.82) is 0 Å². The van der Waals surface area contributed by atoms with E-state index in [0.29, 0.717) is 0 Å². The van der Waals surface area contributed by atoms with Gasteiger partial charge >= 0.3 is 0 Å². The predicted octanol–water partition coefficient (Wildman–Crippen LogP) is 1.03. The highest BCUT2D eigenvalue weighted by molar-refractivity contribution is 5.94. The zero-order valence-corrected chi connectivity index (χ0v) is 11.4. The molecule has 2 rings (SSSR count). The first kappa shape index (κ1) is 14.1. The number of nitrogens with zero attached hydrogens (tertiary/aromatic N) is 3. The number of likely N-dealkylation sites (N-methyl/N-ethyl adjacent to an activating group) is 1. The van der Waals surface area contributed by atoms with Gasteiger partial charge in [0.2, 0.25) is 0 Å². The number of aliphatic hydroxyl groups excluding tert-OH is 1. The number of hydrogen-bond donors (Lipinski definition) is 2. The van der Waals surface area contributed by atoms with Gasteiger partial charge in [-0.3, -0.25) is 4.79 Å². The lowest BCUT2D eigenvalue weighted by Crippen LogP contribution is -2.37. The van der Waals surface area contributed by atoms with Crippen LogP contribution in [0.1, 0.15) is 17.4 Å². The molecule has 0 aliphatic carbocycles. The molecule has 1 amide bonds. The molecule has 106 valence electrons. The van der Waals surface area contributed by atoms with Gasteiger partial charge in [0.25, 0.3) is 5.91 Å². The standard InChI is InChI=1S/C14H17N3O3/c1-10(9-18)16(2)14(20)13-12(19)8-17(15-13)11-6-4-3-5-7-11/h3-8,10,18-19H,9H2,1-2H3. The quantitative estimate of drug-likeness (QED) is 0.873. The van der Waals surface area contributed by atoms with Gasteiger partial charge in [-0.2, -0.15) is 5.10 Å². The lowest BCUT2D eigenvalue weighted by molar-refractivity contribution is 0.0673. The van der Waals surface area contributed by atoms with Gasteiger partial charge < -0.3 is 15.1 Å². The number of carbonyl (C=O) groups excluding carboxylic acids is 1. The van der Waals surface area contributed by atoms with Crippen LogP contribution in [0.5, 0.6) is 5.75 Å². The molecule has 1 heterocycles. The molecule has 6 nitrogen and oxygen atoms in total. The maximum atomic E-state index is 12.2. The van der Waals surface area contributed by atoms with Crippen LogP contribution < -0.4 is 0 Å². The van der Waals surface area contributed by atoms with E-state index >= 15 is 0 Å². The first-order valence-corrected chi connectivity index (χ1v) is 6.26. The third kappa shape index (κ3) is 2.65. The van der Waals surface area contributed by atoms with Crippen LogP contribution in [0.4, 0.5) is 0 Å². The molecule has 1 aromatic heterocycles. The van der Waals surface area contributed by atoms with Gasteiger partial charge in [0.1, 0.15) is 0 Å². The van der Waals surface area contributed by atoms with Crippen molar-refractivity contribution in [2.24, 2.45) is 0 Å². The Morgan fingerprint density at radius 3 is 2.65 bits per heavy atom. The van der Waals surface area contributed by atoms with Crippen LogP contribution in [0.2, 0.25) is 0 Å². The van der Waals surface area contributed by atoms with Crippen LogP contribution in [-0.4, -0.2) is 50.5 Å². The molecule has 2 aromatic rings. The summed E-state index contributed by atoms with van der Waals surface area (Å²) in [4.78, 5) is 13.5. The number of aliphatic hydroxyl groups is 1. The van der Waals surface area contributed by atoms with Crippen LogP contribution in [0.3, 0.4) is 0 Å². The second-order valence-corrected chi connectivity index (χ2v) is 4.59. The normalized spacial score (nSPS) is 12.2. The lowest BCUT2D eigenvalue weighted by Gasteiger charge is -2.22. The molecule has 0 aliphatic rings. The summed E-state index contributed by atoms with van der Waals surface area (Å²) < 4.78 is 1.44. The van der Waals surface area contributed by atoms with Gasteiger partial charge in [-0.1, -0.05) is 18.2 Å². The summed E-state index contributed by atoms with van der Waals surface area (Å²) in [6.45, 7) is 1.56. The number of carbonyl (C=O) groups is 1. The zero-order chi connectivity index (χ0) is 14.7. The molecule has 0 aliphatic heterocycles. The number of benzene rings is 1. The molecular weight excluding hydrogens is 258 g/mol. The Morgan fingerprint density at radius 2 is 2.05 bits per heavy atom. The molecule has 20 heavy (non-hydrogen) atoms. The van der Waals surface area contributed by atoms with Crippen molar-refractivity contribution in [2.45, 2.75) is 13.0 Å². The maximum absolute atomic E-state index is 12.2. The van der Waals surface area contributed by atoms with Crippen molar-refractivity contribution in [3.63, 3.8) is 0 Å². The molecule has 0 bridgehead atoms. The monoisotopic (exact) mass is 275 g/mol. The number of rotatable bonds is 4. The number of para-hydroxylation sites is 1. The molecular formula is C14H17N3O3. The molecule has 6 heteroatoms. The average molecular weight is 275 g/mol. The van der Waals surface area contributed by atoms with Crippen molar-refractivity contribution in [2.75, 3.05) is 13.7 Å². The highest BCUT2D eigenvalue weighted by Gasteiger charge is 2.23. The minimum absolute atomic E-state index is 0.0309. The molecule has 1 aromatic carbocycles. The van der Waals surface area contributed by atoms with Gasteiger partial charge in [-0.05, 0) is 19.1 Å². The van der Waals surface area contributed by atoms with Crippen molar-refractivity contribution in [3.8, 4) is 11.4 Å². The smallest absolute Gasteiger partial charge is 0.278 e. The van der Waals surface area contributed by atoms with Crippen LogP contribution in [0.25, 0.3) is 5.69 Å². The Kier molecular flexibility index (Phi) is 4.05. The largest absolute Gasteiger partial charge is 0.504 e. The summed E-state index contributed by atoms with van der Waals surface area (Å²) >= 11 is 0. The zero-order valence-electron chi connectivity index (χ0n) is 11.4. The highest BCUT2D eigenvalue weighted by atomic mass is 16.3. The fraction of sp³-hybridized carbons (Fsp3) is 0.286. The Morgan fingerprint density at radius 1 is 1.40 bits per heavy atom. The molecule has 0 saturated heterocycles. The Hall–Kier alpha value is -2.34. The lowest BCUT2D eigenvalue weighted by atomic mass is 10.2. The summed E-state index contributed by atoms with van der Waals surface area (Å²) in [5.74, 6) is -0.616. The molecule has 0 spiro atoms. The topological polar surface area (TPSA) is 78.6 Å². The van der Waals surface area contributed by atoms with E-state index in [9.17, 15) is 9.90 Å². The molecule has 1 unspecified atom stereocenters. The first-order valence-electron chi connectivity index (χ1n) is 6.26. The Balaban J connectivity index is 2.31. The highest BCUT2D eigenvalue weighted by Crippen LogP contribution is 2.20. The third-order valence-electron chi connectivity index (χ3n) is 3.16. The summed E-state index contributed by atoms with van der Waals surface area (Å²) in [7, 11) is 1.56. The minimum Gasteiger partial charge on any atom is -0.504 e. The molecule has 0 radical (unpaired) electrons. The average Bonchev–Trinajstić information content (AvgIpc) is 2.87. The summed E-state index contributed by atoms with van der Waals surface area (Å²) in [5, 5.41) is 23.1. The number of aromatic nitrogens is 2. The van der Waals surface area contributed by atoms with E-state index in [4.69, 9.17) is 5.11 Å². The van der Waals surface area contributed by atoms with E-state index < -0.39 is 5.91 Å². The second kappa shape index (κ2) is 5.75. The van der Waals surface area contributed by atoms with E-state index in [-0.39, 0.29) is 24.1 Å². The van der Waals surface area contributed by atoms with Crippen LogP contribution >= 0.6 is 0 Å². The maximum Gasteiger partial charge on any atom is 0.278 e. The van der Waals surface area contributed by atoms with Gasteiger partial charge in [0.15, 0.2) is 11.4 Å². The van der Waals surface area contributed by atoms with Gasteiger partial charge in [-0.15, -0.1) is 0 Å². The molecule has 2 N–H and O–H groups in total. The van der Waals surface area contributed by atoms with E-state index in [1.54, 1.807) is 14.0 Å². The third-order valence-corrected chi connectivity index (χ3v) is 3.16. The van der Waals surface area contributed by atoms with Gasteiger partial charge in [0.05, 0.1) is 24.5 Å². The van der Waals surface area contributed by atoms with Crippen molar-refractivity contribution >= 4 is 5.91 Å². The van der Waals surface area contributed by atoms with Crippen LogP contribution in [0.15, 0.2) is 36.5 Å². The van der Waals surface area contributed by atoms with E-state index in [0.717, 1.165) is 5.69 Å². The molecule has 0 saturated carbocycles. The fourth-order valence-electron chi connectivity index (χ4n) is 1.72. The van der Waals surface area contributed by atoms with Gasteiger partial charge in [-0.25, -0.2) is 4.68 Å². The van der Waals surface area contributed by atoms with Crippen molar-refractivity contribution in [1.82, 2.24) is 14.7 Å². The van der Waals surface area contributed by atoms with Crippen LogP contribution in [0, 0.1) is 0 Å². The fourth-order valence-corrected chi connectivity index (χ4v) is 1.72. The number of amides is 1. The SMILES string of the molecule is CC(CO)N(C)C(=O)c1nn(-c2ccccc2)cc1O. The van der Waals surface area contributed by atoms with E-state index in [1.807, 2.05) is 30.3 Å². The summed E-state index contributed by atoms with van der Waals surface area (Å²) in [6, 6.07) is 8.85. The Labute approximate surface area is 116 Å². The van der Waals surface area contributed by atoms with Crippen molar-refractivity contribution < 1.29 is 15.0 Å². The summed E-state index contributed by atoms with van der Waals surface area (Å²) in [6.07, 6.45) is 1.39. The Bertz CT molecular complexity index is 595. The minimum atomic E-state index is -0.432. The van der Waals surface area contributed by atoms with Crippen LogP contribution in [-0.2, 0) is 0 Å². The van der Waals surface area contributed by atoms with Crippen molar-refractivity contribution in [3.05, 3.63) is 42.2 Å². The van der Waals surface area contributed by atoms with Gasteiger partial charge in [0, 0.05) is 7.05 Å². The number of aromatic hydroxyl groups is 1. The van der Waals surface area contributed by atoms with E-state index in [1.165, 1.54) is 15.8 Å². The molecule has 1 atom stereocenters.